The number of amides is 1. The second kappa shape index (κ2) is 11.0. The van der Waals surface area contributed by atoms with Gasteiger partial charge in [0.2, 0.25) is 0 Å². The van der Waals surface area contributed by atoms with Gasteiger partial charge in [0.1, 0.15) is 28.9 Å². The summed E-state index contributed by atoms with van der Waals surface area (Å²) in [5.41, 5.74) is 1.29. The summed E-state index contributed by atoms with van der Waals surface area (Å²) in [7, 11) is 1.54. The number of methoxy groups -OCH3 is 1. The first-order chi connectivity index (χ1) is 16.8. The van der Waals surface area contributed by atoms with Crippen molar-refractivity contribution in [3.63, 3.8) is 0 Å². The second-order valence-corrected chi connectivity index (χ2v) is 8.70. The van der Waals surface area contributed by atoms with Crippen LogP contribution in [0.15, 0.2) is 66.9 Å². The molecule has 0 saturated heterocycles. The molecule has 0 bridgehead atoms. The van der Waals surface area contributed by atoms with Gasteiger partial charge in [0.05, 0.1) is 13.7 Å². The third kappa shape index (κ3) is 6.06. The largest absolute Gasteiger partial charge is 0.496 e. The van der Waals surface area contributed by atoms with E-state index in [1.807, 2.05) is 0 Å². The molecule has 0 spiro atoms. The molecule has 0 aliphatic heterocycles. The van der Waals surface area contributed by atoms with Gasteiger partial charge in [-0.25, -0.2) is 4.39 Å². The van der Waals surface area contributed by atoms with Gasteiger partial charge in [-0.05, 0) is 54.6 Å². The predicted octanol–water partition coefficient (Wildman–Crippen LogP) is 6.87. The summed E-state index contributed by atoms with van der Waals surface area (Å²) in [6, 6.07) is 16.3. The lowest BCUT2D eigenvalue weighted by molar-refractivity contribution is 0.102. The first kappa shape index (κ1) is 24.9. The van der Waals surface area contributed by atoms with Crippen LogP contribution in [0.1, 0.15) is 21.5 Å². The summed E-state index contributed by atoms with van der Waals surface area (Å²) in [4.78, 5) is 12.9. The Morgan fingerprint density at radius 1 is 1.06 bits per heavy atom. The van der Waals surface area contributed by atoms with E-state index < -0.39 is 11.7 Å². The van der Waals surface area contributed by atoms with Crippen molar-refractivity contribution in [1.82, 2.24) is 9.78 Å². The molecule has 0 aliphatic carbocycles. The lowest BCUT2D eigenvalue weighted by Gasteiger charge is -2.12. The van der Waals surface area contributed by atoms with Crippen molar-refractivity contribution in [3.8, 4) is 11.5 Å². The molecule has 1 N–H and O–H groups in total. The standard InChI is InChI=1S/C25H19Cl3FN3O3/c1-34-23-10-5-15(11-16(23)14-35-18-8-6-17(26)7-9-18)25(33)30-24-21(28)13-32(31-24)12-19-20(27)3-2-4-22(19)29/h2-11,13H,12,14H2,1H3,(H,30,31,33). The van der Waals surface area contributed by atoms with Crippen LogP contribution in [0.5, 0.6) is 11.5 Å². The molecule has 0 fully saturated rings. The second-order valence-electron chi connectivity index (χ2n) is 7.45. The molecule has 6 nitrogen and oxygen atoms in total. The van der Waals surface area contributed by atoms with Crippen molar-refractivity contribution >= 4 is 46.5 Å². The Kier molecular flexibility index (Phi) is 7.80. The zero-order chi connectivity index (χ0) is 24.9. The zero-order valence-corrected chi connectivity index (χ0v) is 20.7. The van der Waals surface area contributed by atoms with E-state index in [0.29, 0.717) is 27.6 Å². The predicted molar refractivity (Wildman–Crippen MR) is 134 cm³/mol. The van der Waals surface area contributed by atoms with E-state index in [4.69, 9.17) is 44.3 Å². The van der Waals surface area contributed by atoms with E-state index in [-0.39, 0.29) is 34.6 Å². The average molecular weight is 535 g/mol. The first-order valence-corrected chi connectivity index (χ1v) is 11.5. The number of hydrogen-bond acceptors (Lipinski definition) is 4. The summed E-state index contributed by atoms with van der Waals surface area (Å²) < 4.78 is 26.7. The Morgan fingerprint density at radius 3 is 2.54 bits per heavy atom. The molecule has 4 rings (SSSR count). The molecule has 180 valence electrons. The highest BCUT2D eigenvalue weighted by Gasteiger charge is 2.16. The molecule has 0 radical (unpaired) electrons. The van der Waals surface area contributed by atoms with Gasteiger partial charge in [-0.2, -0.15) is 5.10 Å². The number of halogens is 4. The van der Waals surface area contributed by atoms with Crippen LogP contribution in [0, 0.1) is 5.82 Å². The van der Waals surface area contributed by atoms with Crippen LogP contribution >= 0.6 is 34.8 Å². The van der Waals surface area contributed by atoms with Crippen LogP contribution in [0.2, 0.25) is 15.1 Å². The summed E-state index contributed by atoms with van der Waals surface area (Å²) in [5, 5.41) is 8.02. The molecule has 1 heterocycles. The highest BCUT2D eigenvalue weighted by molar-refractivity contribution is 6.33. The Hall–Kier alpha value is -3.26. The Morgan fingerprint density at radius 2 is 1.83 bits per heavy atom. The first-order valence-electron chi connectivity index (χ1n) is 10.4. The summed E-state index contributed by atoms with van der Waals surface area (Å²) in [6.07, 6.45) is 1.49. The van der Waals surface area contributed by atoms with Crippen LogP contribution in [-0.2, 0) is 13.2 Å². The van der Waals surface area contributed by atoms with Crippen LogP contribution in [0.4, 0.5) is 10.2 Å². The number of anilines is 1. The zero-order valence-electron chi connectivity index (χ0n) is 18.4. The third-order valence-electron chi connectivity index (χ3n) is 5.08. The maximum atomic E-state index is 14.1. The average Bonchev–Trinajstić information content (AvgIpc) is 3.19. The summed E-state index contributed by atoms with van der Waals surface area (Å²) in [6.45, 7) is 0.223. The maximum Gasteiger partial charge on any atom is 0.256 e. The lowest BCUT2D eigenvalue weighted by atomic mass is 10.1. The minimum Gasteiger partial charge on any atom is -0.496 e. The van der Waals surface area contributed by atoms with Crippen molar-refractivity contribution in [2.24, 2.45) is 0 Å². The number of hydrogen-bond donors (Lipinski definition) is 1. The number of benzene rings is 3. The van der Waals surface area contributed by atoms with Crippen LogP contribution in [0.25, 0.3) is 0 Å². The molecule has 35 heavy (non-hydrogen) atoms. The van der Waals surface area contributed by atoms with Gasteiger partial charge in [-0.1, -0.05) is 40.9 Å². The van der Waals surface area contributed by atoms with Gasteiger partial charge in [-0.15, -0.1) is 0 Å². The van der Waals surface area contributed by atoms with Gasteiger partial charge in [0.25, 0.3) is 5.91 Å². The van der Waals surface area contributed by atoms with Crippen molar-refractivity contribution in [3.05, 3.63) is 104 Å². The van der Waals surface area contributed by atoms with Gasteiger partial charge >= 0.3 is 0 Å². The molecule has 1 aromatic heterocycles. The number of carbonyl (C=O) groups excluding carboxylic acids is 1. The van der Waals surface area contributed by atoms with Crippen LogP contribution < -0.4 is 14.8 Å². The molecular weight excluding hydrogens is 516 g/mol. The molecule has 10 heteroatoms. The van der Waals surface area contributed by atoms with E-state index >= 15 is 0 Å². The van der Waals surface area contributed by atoms with E-state index in [1.165, 1.54) is 30.1 Å². The van der Waals surface area contributed by atoms with E-state index in [1.54, 1.807) is 48.5 Å². The van der Waals surface area contributed by atoms with E-state index in [2.05, 4.69) is 10.4 Å². The number of rotatable bonds is 8. The smallest absolute Gasteiger partial charge is 0.256 e. The van der Waals surface area contributed by atoms with E-state index in [0.717, 1.165) is 0 Å². The quantitative estimate of drug-likeness (QED) is 0.268. The Labute approximate surface area is 216 Å². The van der Waals surface area contributed by atoms with E-state index in [9.17, 15) is 9.18 Å². The SMILES string of the molecule is COc1ccc(C(=O)Nc2nn(Cc3c(F)cccc3Cl)cc2Cl)cc1COc1ccc(Cl)cc1. The minimum atomic E-state index is -0.457. The normalized spacial score (nSPS) is 10.8. The Bertz CT molecular complexity index is 1340. The maximum absolute atomic E-state index is 14.1. The molecule has 0 saturated carbocycles. The third-order valence-corrected chi connectivity index (χ3v) is 5.96. The fraction of sp³-hybridized carbons (Fsp3) is 0.120. The molecule has 3 aromatic carbocycles. The van der Waals surface area contributed by atoms with Gasteiger partial charge < -0.3 is 14.8 Å². The fourth-order valence-electron chi connectivity index (χ4n) is 3.31. The van der Waals surface area contributed by atoms with Crippen molar-refractivity contribution < 1.29 is 18.7 Å². The number of nitrogens with one attached hydrogen (secondary N) is 1. The van der Waals surface area contributed by atoms with Crippen molar-refractivity contribution in [1.29, 1.82) is 0 Å². The topological polar surface area (TPSA) is 65.4 Å². The Balaban J connectivity index is 1.48. The number of carbonyl (C=O) groups is 1. The van der Waals surface area contributed by atoms with Gasteiger partial charge in [-0.3, -0.25) is 9.48 Å². The number of aromatic nitrogens is 2. The van der Waals surface area contributed by atoms with Gasteiger partial charge in [0.15, 0.2) is 5.82 Å². The molecule has 0 unspecified atom stereocenters. The highest BCUT2D eigenvalue weighted by atomic mass is 35.5. The number of ether oxygens (including phenoxy) is 2. The van der Waals surface area contributed by atoms with Crippen molar-refractivity contribution in [2.75, 3.05) is 12.4 Å². The monoisotopic (exact) mass is 533 g/mol. The molecule has 0 aliphatic rings. The fourth-order valence-corrected chi connectivity index (χ4v) is 3.86. The molecule has 0 atom stereocenters. The number of nitrogens with zero attached hydrogens (tertiary/aromatic N) is 2. The molecule has 1 amide bonds. The van der Waals surface area contributed by atoms with Crippen LogP contribution in [-0.4, -0.2) is 22.8 Å². The summed E-state index contributed by atoms with van der Waals surface area (Å²) in [5.74, 6) is 0.440. The summed E-state index contributed by atoms with van der Waals surface area (Å²) >= 11 is 18.3. The molecular formula is C25H19Cl3FN3O3. The van der Waals surface area contributed by atoms with Gasteiger partial charge in [0, 0.05) is 32.9 Å². The van der Waals surface area contributed by atoms with Crippen LogP contribution in [0.3, 0.4) is 0 Å². The highest BCUT2D eigenvalue weighted by Crippen LogP contribution is 2.26. The minimum absolute atomic E-state index is 0.0514. The van der Waals surface area contributed by atoms with Crippen molar-refractivity contribution in [2.45, 2.75) is 13.2 Å². The molecule has 4 aromatic rings. The lowest BCUT2D eigenvalue weighted by Crippen LogP contribution is -2.14.